The number of hydrogen-bond donors (Lipinski definition) is 0. The first-order valence-electron chi connectivity index (χ1n) is 9.48. The number of carbonyl (C=O) groups excluding carboxylic acids is 1. The zero-order chi connectivity index (χ0) is 22.7. The van der Waals surface area contributed by atoms with Crippen LogP contribution in [0.2, 0.25) is 0 Å². The first-order valence-corrected chi connectivity index (χ1v) is 10.5. The Bertz CT molecular complexity index is 1340. The molecule has 1 aromatic heterocycles. The second-order valence-electron chi connectivity index (χ2n) is 6.80. The van der Waals surface area contributed by atoms with E-state index in [9.17, 15) is 25.0 Å². The van der Waals surface area contributed by atoms with E-state index in [-0.39, 0.29) is 33.5 Å². The molecular weight excluding hydrogens is 430 g/mol. The fraction of sp³-hybridized carbons (Fsp3) is 0.0435. The summed E-state index contributed by atoms with van der Waals surface area (Å²) >= 11 is 0.976. The van der Waals surface area contributed by atoms with Crippen molar-refractivity contribution in [2.75, 3.05) is 5.75 Å². The number of non-ortho nitro benzene ring substituents is 1. The van der Waals surface area contributed by atoms with E-state index >= 15 is 0 Å². The van der Waals surface area contributed by atoms with Crippen LogP contribution in [-0.4, -0.2) is 26.4 Å². The highest BCUT2D eigenvalue weighted by atomic mass is 32.2. The van der Waals surface area contributed by atoms with Crippen molar-refractivity contribution in [1.82, 2.24) is 4.98 Å². The Hall–Kier alpha value is -4.11. The molecule has 9 heteroatoms. The van der Waals surface area contributed by atoms with Gasteiger partial charge in [-0.25, -0.2) is 4.98 Å². The number of nitrogens with zero attached hydrogens (tertiary/aromatic N) is 3. The zero-order valence-electron chi connectivity index (χ0n) is 16.5. The maximum absolute atomic E-state index is 12.5. The van der Waals surface area contributed by atoms with Crippen molar-refractivity contribution < 1.29 is 14.6 Å². The minimum Gasteiger partial charge on any atom is -0.293 e. The van der Waals surface area contributed by atoms with Gasteiger partial charge in [-0.2, -0.15) is 0 Å². The van der Waals surface area contributed by atoms with Crippen LogP contribution in [0.3, 0.4) is 0 Å². The van der Waals surface area contributed by atoms with Gasteiger partial charge in [0.05, 0.1) is 26.7 Å². The molecule has 0 aliphatic rings. The van der Waals surface area contributed by atoms with Gasteiger partial charge in [-0.15, -0.1) is 0 Å². The monoisotopic (exact) mass is 445 g/mol. The quantitative estimate of drug-likeness (QED) is 0.155. The third kappa shape index (κ3) is 4.19. The van der Waals surface area contributed by atoms with Crippen molar-refractivity contribution in [3.8, 4) is 11.1 Å². The van der Waals surface area contributed by atoms with Crippen molar-refractivity contribution in [1.29, 1.82) is 0 Å². The number of rotatable bonds is 7. The number of nitro benzene ring substituents is 1. The molecule has 0 atom stereocenters. The average molecular weight is 445 g/mol. The second-order valence-corrected chi connectivity index (χ2v) is 7.76. The second kappa shape index (κ2) is 8.94. The number of nitro groups is 2. The summed E-state index contributed by atoms with van der Waals surface area (Å²) in [6.07, 6.45) is 0. The van der Waals surface area contributed by atoms with Gasteiger partial charge in [0.25, 0.3) is 5.69 Å². The van der Waals surface area contributed by atoms with E-state index in [4.69, 9.17) is 0 Å². The molecule has 0 N–H and O–H groups in total. The molecule has 8 nitrogen and oxygen atoms in total. The number of aromatic nitrogens is 1. The maximum atomic E-state index is 12.5. The molecule has 0 unspecified atom stereocenters. The van der Waals surface area contributed by atoms with Crippen LogP contribution in [0.25, 0.3) is 22.0 Å². The normalized spacial score (nSPS) is 10.8. The van der Waals surface area contributed by atoms with Crippen molar-refractivity contribution >= 4 is 39.8 Å². The first kappa shape index (κ1) is 21.1. The SMILES string of the molecule is O=C(CSc1nc2ccc([N+](=O)[O-])cc2c(-c2ccccc2)c1[N+](=O)[O-])c1ccccc1. The van der Waals surface area contributed by atoms with Gasteiger partial charge >= 0.3 is 5.69 Å². The number of carbonyl (C=O) groups is 1. The molecule has 0 spiro atoms. The lowest BCUT2D eigenvalue weighted by atomic mass is 9.99. The molecule has 0 bridgehead atoms. The van der Waals surface area contributed by atoms with Gasteiger partial charge in [-0.05, 0) is 11.6 Å². The van der Waals surface area contributed by atoms with Gasteiger partial charge in [-0.1, -0.05) is 72.4 Å². The highest BCUT2D eigenvalue weighted by Gasteiger charge is 2.28. The van der Waals surface area contributed by atoms with E-state index in [0.717, 1.165) is 11.8 Å². The molecule has 0 amide bonds. The van der Waals surface area contributed by atoms with Gasteiger partial charge in [0.1, 0.15) is 0 Å². The Morgan fingerprint density at radius 3 is 2.16 bits per heavy atom. The smallest absolute Gasteiger partial charge is 0.293 e. The molecule has 0 saturated heterocycles. The van der Waals surface area contributed by atoms with Crippen LogP contribution in [0, 0.1) is 20.2 Å². The number of fused-ring (bicyclic) bond motifs is 1. The van der Waals surface area contributed by atoms with Crippen LogP contribution in [-0.2, 0) is 0 Å². The zero-order valence-corrected chi connectivity index (χ0v) is 17.3. The number of ketones is 1. The van der Waals surface area contributed by atoms with Gasteiger partial charge in [0.15, 0.2) is 10.8 Å². The van der Waals surface area contributed by atoms with Gasteiger partial charge in [0, 0.05) is 23.1 Å². The summed E-state index contributed by atoms with van der Waals surface area (Å²) in [6.45, 7) is 0. The minimum absolute atomic E-state index is 0.0371. The number of benzene rings is 3. The minimum atomic E-state index is -0.554. The van der Waals surface area contributed by atoms with Gasteiger partial charge in [0.2, 0.25) is 0 Å². The third-order valence-electron chi connectivity index (χ3n) is 4.80. The van der Waals surface area contributed by atoms with Crippen LogP contribution in [0.15, 0.2) is 83.9 Å². The third-order valence-corrected chi connectivity index (χ3v) is 5.77. The molecule has 4 aromatic rings. The van der Waals surface area contributed by atoms with Crippen molar-refractivity contribution in [3.05, 3.63) is 105 Å². The standard InChI is InChI=1S/C23H15N3O5S/c27-20(15-7-3-1-4-8-15)14-32-23-22(26(30)31)21(16-9-5-2-6-10-16)18-13-17(25(28)29)11-12-19(18)24-23/h1-13H,14H2. The molecule has 1 heterocycles. The van der Waals surface area contributed by atoms with Crippen LogP contribution in [0.1, 0.15) is 10.4 Å². The summed E-state index contributed by atoms with van der Waals surface area (Å²) in [7, 11) is 0. The van der Waals surface area contributed by atoms with Crippen molar-refractivity contribution in [3.63, 3.8) is 0 Å². The first-order chi connectivity index (χ1) is 15.5. The van der Waals surface area contributed by atoms with Crippen LogP contribution in [0.5, 0.6) is 0 Å². The van der Waals surface area contributed by atoms with Crippen molar-refractivity contribution in [2.45, 2.75) is 5.03 Å². The fourth-order valence-electron chi connectivity index (χ4n) is 3.34. The lowest BCUT2D eigenvalue weighted by molar-refractivity contribution is -0.387. The summed E-state index contributed by atoms with van der Waals surface area (Å²) in [5.74, 6) is -0.221. The molecule has 0 aliphatic carbocycles. The Kier molecular flexibility index (Phi) is 5.91. The van der Waals surface area contributed by atoms with Gasteiger partial charge in [-0.3, -0.25) is 25.0 Å². The van der Waals surface area contributed by atoms with E-state index in [1.165, 1.54) is 18.2 Å². The number of pyridine rings is 1. The molecule has 0 saturated carbocycles. The molecule has 0 aliphatic heterocycles. The fourth-order valence-corrected chi connectivity index (χ4v) is 4.25. The Morgan fingerprint density at radius 1 is 0.875 bits per heavy atom. The molecule has 0 radical (unpaired) electrons. The van der Waals surface area contributed by atoms with Crippen molar-refractivity contribution in [2.24, 2.45) is 0 Å². The van der Waals surface area contributed by atoms with Crippen LogP contribution in [0.4, 0.5) is 11.4 Å². The van der Waals surface area contributed by atoms with Gasteiger partial charge < -0.3 is 0 Å². The van der Waals surface area contributed by atoms with E-state index < -0.39 is 9.85 Å². The summed E-state index contributed by atoms with van der Waals surface area (Å²) in [5, 5.41) is 23.8. The molecule has 32 heavy (non-hydrogen) atoms. The Balaban J connectivity index is 1.89. The number of thioether (sulfide) groups is 1. The molecule has 4 rings (SSSR count). The Labute approximate surface area is 186 Å². The average Bonchev–Trinajstić information content (AvgIpc) is 2.82. The van der Waals surface area contributed by atoms with Crippen LogP contribution >= 0.6 is 11.8 Å². The largest absolute Gasteiger partial charge is 0.309 e. The summed E-state index contributed by atoms with van der Waals surface area (Å²) in [4.78, 5) is 39.3. The summed E-state index contributed by atoms with van der Waals surface area (Å²) < 4.78 is 0. The lowest BCUT2D eigenvalue weighted by Crippen LogP contribution is -2.04. The molecule has 158 valence electrons. The highest BCUT2D eigenvalue weighted by molar-refractivity contribution is 8.00. The highest BCUT2D eigenvalue weighted by Crippen LogP contribution is 2.42. The number of hydrogen-bond acceptors (Lipinski definition) is 7. The summed E-state index contributed by atoms with van der Waals surface area (Å²) in [6, 6.07) is 21.3. The van der Waals surface area contributed by atoms with E-state index in [0.29, 0.717) is 22.0 Å². The Morgan fingerprint density at radius 2 is 1.53 bits per heavy atom. The van der Waals surface area contributed by atoms with E-state index in [2.05, 4.69) is 4.98 Å². The predicted octanol–water partition coefficient (Wildman–Crippen LogP) is 5.69. The topological polar surface area (TPSA) is 116 Å². The summed E-state index contributed by atoms with van der Waals surface area (Å²) in [5.41, 5.74) is 1.17. The molecular formula is C23H15N3O5S. The number of Topliss-reactive ketones (excluding diaryl/α,β-unsaturated/α-hetero) is 1. The van der Waals surface area contributed by atoms with E-state index in [1.54, 1.807) is 60.7 Å². The molecule has 0 fully saturated rings. The predicted molar refractivity (Wildman–Crippen MR) is 122 cm³/mol. The maximum Gasteiger partial charge on any atom is 0.309 e. The van der Waals surface area contributed by atoms with Crippen LogP contribution < -0.4 is 0 Å². The van der Waals surface area contributed by atoms with E-state index in [1.807, 2.05) is 0 Å². The molecule has 3 aromatic carbocycles. The lowest BCUT2D eigenvalue weighted by Gasteiger charge is -2.11.